The summed E-state index contributed by atoms with van der Waals surface area (Å²) in [4.78, 5) is 18.0. The summed E-state index contributed by atoms with van der Waals surface area (Å²) in [5.41, 5.74) is 4.90. The van der Waals surface area contributed by atoms with Crippen molar-refractivity contribution < 1.29 is 19.4 Å². The van der Waals surface area contributed by atoms with Crippen LogP contribution in [0.5, 0.6) is 0 Å². The predicted molar refractivity (Wildman–Crippen MR) is 30.1 cm³/mol. The summed E-state index contributed by atoms with van der Waals surface area (Å²) in [6.07, 6.45) is -0.467. The van der Waals surface area contributed by atoms with E-state index in [1.165, 1.54) is 0 Å². The van der Waals surface area contributed by atoms with Gasteiger partial charge in [0.05, 0.1) is 0 Å². The summed E-state index contributed by atoms with van der Waals surface area (Å²) in [6, 6.07) is 0. The van der Waals surface area contributed by atoms with Crippen LogP contribution in [0.15, 0.2) is 0 Å². The molecular weight excluding hydrogens is 145 g/mol. The normalized spacial score (nSPS) is 14.7. The van der Waals surface area contributed by atoms with E-state index in [4.69, 9.17) is 15.7 Å². The van der Waals surface area contributed by atoms with Crippen LogP contribution in [0, 0.1) is 0 Å². The van der Waals surface area contributed by atoms with Crippen LogP contribution in [-0.4, -0.2) is 21.8 Å². The lowest BCUT2D eigenvalue weighted by Gasteiger charge is -1.89. The van der Waals surface area contributed by atoms with Crippen LogP contribution in [0.2, 0.25) is 0 Å². The number of hydrogen-bond donors (Lipinski definition) is 3. The number of carboxylic acids is 1. The summed E-state index contributed by atoms with van der Waals surface area (Å²) in [6.45, 7) is 0. The average Bonchev–Trinajstić information content (AvgIpc) is 1.63. The van der Waals surface area contributed by atoms with Gasteiger partial charge in [0.15, 0.2) is 0 Å². The van der Waals surface area contributed by atoms with Gasteiger partial charge in [-0.1, -0.05) is 0 Å². The minimum Gasteiger partial charge on any atom is -0.481 e. The monoisotopic (exact) mass is 152 g/mol. The molecule has 52 valence electrons. The number of carbonyl (C=O) groups is 1. The van der Waals surface area contributed by atoms with E-state index in [1.54, 1.807) is 0 Å². The van der Waals surface area contributed by atoms with E-state index in [0.717, 1.165) is 0 Å². The molecule has 0 aromatic heterocycles. The Kier molecular flexibility index (Phi) is 3.30. The highest BCUT2D eigenvalue weighted by atomic mass is 31.1. The topological polar surface area (TPSA) is 101 Å². The first-order valence-electron chi connectivity index (χ1n) is 2.16. The maximum atomic E-state index is 9.99. The van der Waals surface area contributed by atoms with E-state index in [2.05, 4.69) is 0 Å². The molecule has 0 heterocycles. The lowest BCUT2D eigenvalue weighted by Crippen LogP contribution is -2.19. The highest BCUT2D eigenvalue weighted by Crippen LogP contribution is 2.19. The number of nitrogens with two attached hydrogens (primary N) is 1. The zero-order chi connectivity index (χ0) is 7.44. The van der Waals surface area contributed by atoms with E-state index in [9.17, 15) is 9.36 Å². The Hall–Kier alpha value is -0.510. The van der Waals surface area contributed by atoms with Crippen molar-refractivity contribution >= 4 is 14.0 Å². The summed E-state index contributed by atoms with van der Waals surface area (Å²) in [7, 11) is -2.55. The minimum absolute atomic E-state index is 0.467. The zero-order valence-electron chi connectivity index (χ0n) is 4.52. The van der Waals surface area contributed by atoms with Crippen molar-refractivity contribution in [2.75, 3.05) is 0 Å². The van der Waals surface area contributed by atoms with Gasteiger partial charge < -0.3 is 5.11 Å². The second-order valence-electron chi connectivity index (χ2n) is 1.47. The molecule has 2 atom stereocenters. The van der Waals surface area contributed by atoms with Gasteiger partial charge >= 0.3 is 14.0 Å². The molecule has 9 heavy (non-hydrogen) atoms. The molecule has 4 N–H and O–H groups in total. The van der Waals surface area contributed by atoms with Crippen LogP contribution in [0.1, 0.15) is 6.42 Å². The smallest absolute Gasteiger partial charge is 0.481 e. The van der Waals surface area contributed by atoms with Gasteiger partial charge in [-0.15, -0.1) is 0 Å². The molecule has 0 aliphatic heterocycles. The van der Waals surface area contributed by atoms with E-state index in [1.807, 2.05) is 0 Å². The van der Waals surface area contributed by atoms with Gasteiger partial charge in [-0.05, 0) is 4.57 Å². The van der Waals surface area contributed by atoms with Crippen molar-refractivity contribution in [3.8, 4) is 0 Å². The Morgan fingerprint density at radius 3 is 2.33 bits per heavy atom. The fourth-order valence-electron chi connectivity index (χ4n) is 0.257. The summed E-state index contributed by atoms with van der Waals surface area (Å²) >= 11 is 0. The van der Waals surface area contributed by atoms with E-state index >= 15 is 0 Å². The first-order chi connectivity index (χ1) is 4.04. The van der Waals surface area contributed by atoms with Gasteiger partial charge in [0.2, 0.25) is 5.78 Å². The van der Waals surface area contributed by atoms with E-state index in [-0.39, 0.29) is 0 Å². The molecule has 0 fully saturated rings. The largest absolute Gasteiger partial charge is 0.525 e. The van der Waals surface area contributed by atoms with Crippen molar-refractivity contribution in [2.45, 2.75) is 12.2 Å². The van der Waals surface area contributed by atoms with Crippen molar-refractivity contribution in [1.29, 1.82) is 0 Å². The van der Waals surface area contributed by atoms with Crippen LogP contribution in [0.25, 0.3) is 0 Å². The molecule has 0 aliphatic carbocycles. The van der Waals surface area contributed by atoms with Crippen LogP contribution in [0.3, 0.4) is 0 Å². The predicted octanol–water partition coefficient (Wildman–Crippen LogP) is -0.519. The van der Waals surface area contributed by atoms with Crippen molar-refractivity contribution in [2.24, 2.45) is 5.73 Å². The Morgan fingerprint density at radius 2 is 2.22 bits per heavy atom. The van der Waals surface area contributed by atoms with Gasteiger partial charge in [-0.2, -0.15) is 4.89 Å². The zero-order valence-corrected chi connectivity index (χ0v) is 5.41. The third-order valence-corrected chi connectivity index (χ3v) is 1.42. The quantitative estimate of drug-likeness (QED) is 0.472. The van der Waals surface area contributed by atoms with Crippen molar-refractivity contribution in [1.82, 2.24) is 0 Å². The van der Waals surface area contributed by atoms with E-state index in [0.29, 0.717) is 0 Å². The molecule has 0 bridgehead atoms. The molecule has 0 aromatic rings. The third kappa shape index (κ3) is 4.02. The van der Waals surface area contributed by atoms with Gasteiger partial charge in [-0.25, -0.2) is 0 Å². The Balaban J connectivity index is 3.63. The molecule has 0 saturated heterocycles. The second kappa shape index (κ2) is 3.50. The number of hydrogen-bond acceptors (Lipinski definition) is 3. The van der Waals surface area contributed by atoms with Crippen LogP contribution >= 0.6 is 8.03 Å². The van der Waals surface area contributed by atoms with Crippen molar-refractivity contribution in [3.63, 3.8) is 0 Å². The minimum atomic E-state index is -2.55. The first kappa shape index (κ1) is 8.49. The maximum Gasteiger partial charge on any atom is 0.525 e. The molecule has 0 saturated carbocycles. The summed E-state index contributed by atoms with van der Waals surface area (Å²) < 4.78 is 9.99. The lowest BCUT2D eigenvalue weighted by molar-refractivity contribution is -0.137. The maximum absolute atomic E-state index is 9.99. The Morgan fingerprint density at radius 1 is 1.78 bits per heavy atom. The van der Waals surface area contributed by atoms with Crippen LogP contribution < -0.4 is 5.73 Å². The molecule has 1 unspecified atom stereocenters. The van der Waals surface area contributed by atoms with Crippen LogP contribution in [0.4, 0.5) is 0 Å². The molecular formula is C3H7NO4P+. The fraction of sp³-hybridized carbons (Fsp3) is 0.667. The molecule has 0 aromatic carbocycles. The average molecular weight is 152 g/mol. The fourth-order valence-corrected chi connectivity index (χ4v) is 0.569. The molecule has 0 aliphatic rings. The molecule has 0 amide bonds. The SMILES string of the molecule is N[C@H](CC(=O)O)[P+](=O)O. The number of rotatable bonds is 3. The molecule has 0 radical (unpaired) electrons. The molecule has 0 spiro atoms. The van der Waals surface area contributed by atoms with Gasteiger partial charge in [-0.3, -0.25) is 10.5 Å². The molecule has 5 nitrogen and oxygen atoms in total. The van der Waals surface area contributed by atoms with E-state index < -0.39 is 26.2 Å². The Labute approximate surface area is 52.4 Å². The highest BCUT2D eigenvalue weighted by Gasteiger charge is 2.26. The number of aliphatic carboxylic acids is 1. The molecule has 0 rings (SSSR count). The summed E-state index contributed by atoms with van der Waals surface area (Å²) in [5, 5.41) is 8.01. The Bertz CT molecular complexity index is 136. The summed E-state index contributed by atoms with van der Waals surface area (Å²) in [5.74, 6) is -2.31. The molecule has 6 heteroatoms. The van der Waals surface area contributed by atoms with Crippen LogP contribution in [-0.2, 0) is 9.36 Å². The van der Waals surface area contributed by atoms with Gasteiger partial charge in [0.1, 0.15) is 6.42 Å². The highest BCUT2D eigenvalue weighted by molar-refractivity contribution is 7.38. The lowest BCUT2D eigenvalue weighted by atomic mass is 10.4. The second-order valence-corrected chi connectivity index (χ2v) is 2.74. The van der Waals surface area contributed by atoms with Gasteiger partial charge in [0, 0.05) is 0 Å². The standard InChI is InChI=1S/C3H6NO4P/c4-2(9(7)8)1-3(5)6/h2H,1,4H2,(H-,5,6,7,8)/p+1/t2-/m0/s1. The third-order valence-electron chi connectivity index (χ3n) is 0.667. The van der Waals surface area contributed by atoms with Crippen molar-refractivity contribution in [3.05, 3.63) is 0 Å². The first-order valence-corrected chi connectivity index (χ1v) is 3.45. The van der Waals surface area contributed by atoms with Gasteiger partial charge in [0.25, 0.3) is 0 Å². The number of carboxylic acid groups (broad SMARTS) is 1.